The van der Waals surface area contributed by atoms with E-state index in [1.165, 1.54) is 0 Å². The number of rotatable bonds is 6. The summed E-state index contributed by atoms with van der Waals surface area (Å²) < 4.78 is 25.6. The van der Waals surface area contributed by atoms with E-state index in [-0.39, 0.29) is 0 Å². The van der Waals surface area contributed by atoms with Crippen molar-refractivity contribution in [2.45, 2.75) is 6.42 Å². The number of hydrogen-bond donors (Lipinski definition) is 3. The first-order chi connectivity index (χ1) is 9.46. The summed E-state index contributed by atoms with van der Waals surface area (Å²) in [4.78, 5) is 10.4. The van der Waals surface area contributed by atoms with Crippen LogP contribution in [0.5, 0.6) is 0 Å². The Bertz CT molecular complexity index is 678. The lowest BCUT2D eigenvalue weighted by Crippen LogP contribution is -2.18. The van der Waals surface area contributed by atoms with Gasteiger partial charge in [0, 0.05) is 11.9 Å². The number of aromatic amines is 1. The molecule has 0 aliphatic heterocycles. The number of nitrogens with zero attached hydrogens (tertiary/aromatic N) is 1. The summed E-state index contributed by atoms with van der Waals surface area (Å²) in [6, 6.07) is 8.49. The third-order valence-corrected chi connectivity index (χ3v) is 3.84. The lowest BCUT2D eigenvalue weighted by Gasteiger charge is -2.07. The van der Waals surface area contributed by atoms with Crippen LogP contribution in [-0.2, 0) is 14.8 Å². The van der Waals surface area contributed by atoms with E-state index in [4.69, 9.17) is 5.11 Å². The number of carbonyl (C=O) groups is 1. The average molecular weight is 295 g/mol. The van der Waals surface area contributed by atoms with Crippen LogP contribution in [0.1, 0.15) is 6.42 Å². The summed E-state index contributed by atoms with van der Waals surface area (Å²) in [5, 5.41) is 15.1. The average Bonchev–Trinajstić information content (AvgIpc) is 2.91. The van der Waals surface area contributed by atoms with E-state index in [0.29, 0.717) is 5.69 Å². The monoisotopic (exact) mass is 295 g/mol. The molecule has 0 atom stereocenters. The van der Waals surface area contributed by atoms with Gasteiger partial charge in [-0.2, -0.15) is 5.10 Å². The number of carboxylic acids is 1. The van der Waals surface area contributed by atoms with Gasteiger partial charge >= 0.3 is 5.97 Å². The van der Waals surface area contributed by atoms with Crippen LogP contribution in [0.3, 0.4) is 0 Å². The SMILES string of the molecule is O=C(O)CCS(=O)(=O)Nc1ccc(-c2ccn[nH]2)cc1. The zero-order valence-electron chi connectivity index (χ0n) is 10.4. The molecule has 0 amide bonds. The Morgan fingerprint density at radius 2 is 1.95 bits per heavy atom. The molecule has 0 fully saturated rings. The van der Waals surface area contributed by atoms with E-state index in [9.17, 15) is 13.2 Å². The van der Waals surface area contributed by atoms with E-state index in [2.05, 4.69) is 14.9 Å². The van der Waals surface area contributed by atoms with Gasteiger partial charge in [0.1, 0.15) is 0 Å². The molecule has 0 bridgehead atoms. The summed E-state index contributed by atoms with van der Waals surface area (Å²) in [5.74, 6) is -1.60. The Hall–Kier alpha value is -2.35. The molecule has 0 radical (unpaired) electrons. The molecule has 1 aromatic heterocycles. The number of benzene rings is 1. The van der Waals surface area contributed by atoms with Crippen LogP contribution in [-0.4, -0.2) is 35.4 Å². The molecule has 106 valence electrons. The van der Waals surface area contributed by atoms with E-state index in [0.717, 1.165) is 11.3 Å². The largest absolute Gasteiger partial charge is 0.481 e. The van der Waals surface area contributed by atoms with Crippen LogP contribution >= 0.6 is 0 Å². The summed E-state index contributed by atoms with van der Waals surface area (Å²) in [6.07, 6.45) is 1.19. The van der Waals surface area contributed by atoms with Crippen molar-refractivity contribution in [2.24, 2.45) is 0 Å². The van der Waals surface area contributed by atoms with E-state index in [1.807, 2.05) is 0 Å². The highest BCUT2D eigenvalue weighted by Crippen LogP contribution is 2.19. The topological polar surface area (TPSA) is 112 Å². The lowest BCUT2D eigenvalue weighted by molar-refractivity contribution is -0.136. The Labute approximate surface area is 115 Å². The highest BCUT2D eigenvalue weighted by atomic mass is 32.2. The molecule has 0 spiro atoms. The molecule has 3 N–H and O–H groups in total. The van der Waals surface area contributed by atoms with Gasteiger partial charge < -0.3 is 5.11 Å². The van der Waals surface area contributed by atoms with E-state index in [1.54, 1.807) is 36.5 Å². The van der Waals surface area contributed by atoms with Gasteiger partial charge in [0.05, 0.1) is 17.9 Å². The van der Waals surface area contributed by atoms with Crippen LogP contribution in [0.2, 0.25) is 0 Å². The normalized spacial score (nSPS) is 11.2. The first-order valence-electron chi connectivity index (χ1n) is 5.78. The van der Waals surface area contributed by atoms with Crippen LogP contribution in [0.4, 0.5) is 5.69 Å². The maximum atomic E-state index is 11.6. The summed E-state index contributed by atoms with van der Waals surface area (Å²) in [6.45, 7) is 0. The molecule has 2 aromatic rings. The van der Waals surface area contributed by atoms with E-state index >= 15 is 0 Å². The van der Waals surface area contributed by atoms with Gasteiger partial charge in [0.25, 0.3) is 0 Å². The van der Waals surface area contributed by atoms with Crippen molar-refractivity contribution >= 4 is 21.7 Å². The molecule has 20 heavy (non-hydrogen) atoms. The molecule has 0 aliphatic rings. The molecule has 0 saturated heterocycles. The van der Waals surface area contributed by atoms with Crippen LogP contribution in [0, 0.1) is 0 Å². The molecule has 7 nitrogen and oxygen atoms in total. The third kappa shape index (κ3) is 3.82. The Morgan fingerprint density at radius 1 is 1.25 bits per heavy atom. The maximum absolute atomic E-state index is 11.6. The molecule has 8 heteroatoms. The zero-order chi connectivity index (χ0) is 14.6. The number of aromatic nitrogens is 2. The molecular weight excluding hydrogens is 282 g/mol. The Morgan fingerprint density at radius 3 is 2.50 bits per heavy atom. The molecule has 0 aliphatic carbocycles. The predicted octanol–water partition coefficient (Wildman–Crippen LogP) is 1.29. The smallest absolute Gasteiger partial charge is 0.304 e. The fourth-order valence-electron chi connectivity index (χ4n) is 1.59. The second-order valence-electron chi connectivity index (χ2n) is 4.11. The first kappa shape index (κ1) is 14.1. The lowest BCUT2D eigenvalue weighted by atomic mass is 10.1. The zero-order valence-corrected chi connectivity index (χ0v) is 11.2. The quantitative estimate of drug-likeness (QED) is 0.743. The summed E-state index contributed by atoms with van der Waals surface area (Å²) >= 11 is 0. The number of aliphatic carboxylic acids is 1. The highest BCUT2D eigenvalue weighted by molar-refractivity contribution is 7.92. The van der Waals surface area contributed by atoms with Gasteiger partial charge in [-0.05, 0) is 23.8 Å². The molecular formula is C12H13N3O4S. The Balaban J connectivity index is 2.05. The molecule has 1 heterocycles. The molecule has 1 aromatic carbocycles. The van der Waals surface area contributed by atoms with Gasteiger partial charge in [-0.15, -0.1) is 0 Å². The summed E-state index contributed by atoms with van der Waals surface area (Å²) in [5.41, 5.74) is 2.08. The van der Waals surface area contributed by atoms with Crippen LogP contribution in [0.15, 0.2) is 36.5 Å². The molecule has 2 rings (SSSR count). The van der Waals surface area contributed by atoms with Crippen molar-refractivity contribution in [1.82, 2.24) is 10.2 Å². The predicted molar refractivity (Wildman–Crippen MR) is 73.7 cm³/mol. The minimum Gasteiger partial charge on any atom is -0.481 e. The number of carboxylic acid groups (broad SMARTS) is 1. The summed E-state index contributed by atoms with van der Waals surface area (Å²) in [7, 11) is -3.65. The number of H-pyrrole nitrogens is 1. The first-order valence-corrected chi connectivity index (χ1v) is 7.43. The van der Waals surface area contributed by atoms with Crippen LogP contribution < -0.4 is 4.72 Å². The molecule has 0 unspecified atom stereocenters. The van der Waals surface area contributed by atoms with Crippen molar-refractivity contribution in [3.8, 4) is 11.3 Å². The van der Waals surface area contributed by atoms with Gasteiger partial charge in [0.15, 0.2) is 0 Å². The fraction of sp³-hybridized carbons (Fsp3) is 0.167. The van der Waals surface area contributed by atoms with Crippen molar-refractivity contribution in [3.63, 3.8) is 0 Å². The second-order valence-corrected chi connectivity index (χ2v) is 5.95. The van der Waals surface area contributed by atoms with E-state index < -0.39 is 28.2 Å². The van der Waals surface area contributed by atoms with Crippen molar-refractivity contribution in [3.05, 3.63) is 36.5 Å². The van der Waals surface area contributed by atoms with Gasteiger partial charge in [-0.25, -0.2) is 8.42 Å². The minimum absolute atomic E-state index is 0.388. The van der Waals surface area contributed by atoms with Crippen LogP contribution in [0.25, 0.3) is 11.3 Å². The number of anilines is 1. The second kappa shape index (κ2) is 5.74. The Kier molecular flexibility index (Phi) is 4.04. The van der Waals surface area contributed by atoms with Gasteiger partial charge in [0.2, 0.25) is 10.0 Å². The van der Waals surface area contributed by atoms with Gasteiger partial charge in [-0.1, -0.05) is 12.1 Å². The maximum Gasteiger partial charge on any atom is 0.304 e. The van der Waals surface area contributed by atoms with Gasteiger partial charge in [-0.3, -0.25) is 14.6 Å². The van der Waals surface area contributed by atoms with Crippen molar-refractivity contribution in [2.75, 3.05) is 10.5 Å². The van der Waals surface area contributed by atoms with Crippen molar-refractivity contribution in [1.29, 1.82) is 0 Å². The highest BCUT2D eigenvalue weighted by Gasteiger charge is 2.12. The number of sulfonamides is 1. The number of hydrogen-bond acceptors (Lipinski definition) is 4. The number of nitrogens with one attached hydrogen (secondary N) is 2. The molecule has 0 saturated carbocycles. The third-order valence-electron chi connectivity index (χ3n) is 2.55. The fourth-order valence-corrected chi connectivity index (χ4v) is 2.63. The standard InChI is InChI=1S/C12H13N3O4S/c16-12(17)6-8-20(18,19)15-10-3-1-9(2-4-10)11-5-7-13-14-11/h1-5,7,15H,6,8H2,(H,13,14)(H,16,17). The minimum atomic E-state index is -3.65. The van der Waals surface area contributed by atoms with Crippen molar-refractivity contribution < 1.29 is 18.3 Å².